The Morgan fingerprint density at radius 2 is 2.06 bits per heavy atom. The minimum atomic E-state index is -0.452. The smallest absolute Gasteiger partial charge is 0.315 e. The number of halogens is 2. The molecule has 174 valence electrons. The van der Waals surface area contributed by atoms with Gasteiger partial charge in [0.2, 0.25) is 0 Å². The van der Waals surface area contributed by atoms with Gasteiger partial charge in [-0.05, 0) is 37.1 Å². The first kappa shape index (κ1) is 21.0. The van der Waals surface area contributed by atoms with Gasteiger partial charge in [-0.3, -0.25) is 0 Å². The van der Waals surface area contributed by atoms with Crippen molar-refractivity contribution in [1.29, 1.82) is 0 Å². The van der Waals surface area contributed by atoms with E-state index in [1.807, 2.05) is 17.2 Å². The largest absolute Gasteiger partial charge is 0.351 e. The minimum Gasteiger partial charge on any atom is -0.351 e. The lowest BCUT2D eigenvalue weighted by atomic mass is 10.0. The number of urea groups is 1. The van der Waals surface area contributed by atoms with E-state index in [-0.39, 0.29) is 6.04 Å². The Bertz CT molecular complexity index is 1420. The second-order valence-corrected chi connectivity index (χ2v) is 9.61. The Kier molecular flexibility index (Phi) is 4.94. The summed E-state index contributed by atoms with van der Waals surface area (Å²) in [6, 6.07) is 4.71. The second kappa shape index (κ2) is 8.01. The topological polar surface area (TPSA) is 92.7 Å². The molecule has 1 aromatic carbocycles. The number of nitrogens with two attached hydrogens (primary N) is 1. The van der Waals surface area contributed by atoms with E-state index in [1.165, 1.54) is 23.5 Å². The van der Waals surface area contributed by atoms with Crippen LogP contribution in [0.15, 0.2) is 36.7 Å². The number of aromatic nitrogens is 4. The van der Waals surface area contributed by atoms with E-state index in [1.54, 1.807) is 15.6 Å². The van der Waals surface area contributed by atoms with Crippen molar-refractivity contribution in [3.8, 4) is 10.6 Å². The fraction of sp³-hybridized carbons (Fsp3) is 0.304. The number of hydrogen-bond donors (Lipinski definition) is 1. The van der Waals surface area contributed by atoms with Crippen LogP contribution in [0, 0.1) is 11.6 Å². The predicted molar refractivity (Wildman–Crippen MR) is 123 cm³/mol. The second-order valence-electron chi connectivity index (χ2n) is 8.53. The van der Waals surface area contributed by atoms with E-state index >= 15 is 0 Å². The first-order valence-electron chi connectivity index (χ1n) is 11.1. The maximum atomic E-state index is 14.5. The summed E-state index contributed by atoms with van der Waals surface area (Å²) in [5, 5.41) is 5.21. The Labute approximate surface area is 197 Å². The molecule has 2 N–H and O–H groups in total. The molecule has 0 aliphatic carbocycles. The number of rotatable bonds is 3. The number of hydrogen-bond acceptors (Lipinski definition) is 6. The van der Waals surface area contributed by atoms with Crippen molar-refractivity contribution in [2.75, 3.05) is 18.0 Å². The zero-order chi connectivity index (χ0) is 23.4. The van der Waals surface area contributed by atoms with Crippen molar-refractivity contribution >= 4 is 28.8 Å². The summed E-state index contributed by atoms with van der Waals surface area (Å²) >= 11 is 1.51. The van der Waals surface area contributed by atoms with Crippen LogP contribution in [0.3, 0.4) is 0 Å². The van der Waals surface area contributed by atoms with Gasteiger partial charge in [0.15, 0.2) is 5.65 Å². The van der Waals surface area contributed by atoms with Gasteiger partial charge in [-0.1, -0.05) is 0 Å². The van der Waals surface area contributed by atoms with Crippen LogP contribution in [-0.4, -0.2) is 43.6 Å². The predicted octanol–water partition coefficient (Wildman–Crippen LogP) is 3.91. The average Bonchev–Trinajstić information content (AvgIpc) is 3.57. The monoisotopic (exact) mass is 481 g/mol. The SMILES string of the molecule is NC(=O)N1CCc2nc(-c3cnn4ccc(N5CCC[C@@H]5c5cc(F)ccc5F)nc34)sc2C1. The number of nitrogens with zero attached hydrogens (tertiary/aromatic N) is 6. The molecular weight excluding hydrogens is 460 g/mol. The molecule has 6 rings (SSSR count). The molecule has 0 unspecified atom stereocenters. The van der Waals surface area contributed by atoms with Crippen LogP contribution >= 0.6 is 11.3 Å². The van der Waals surface area contributed by atoms with Crippen LogP contribution in [0.5, 0.6) is 0 Å². The summed E-state index contributed by atoms with van der Waals surface area (Å²) in [6.45, 7) is 1.70. The number of amides is 2. The molecule has 0 spiro atoms. The van der Waals surface area contributed by atoms with Crippen LogP contribution in [-0.2, 0) is 13.0 Å². The van der Waals surface area contributed by atoms with Crippen LogP contribution in [0.2, 0.25) is 0 Å². The molecule has 1 atom stereocenters. The maximum absolute atomic E-state index is 14.5. The lowest BCUT2D eigenvalue weighted by Gasteiger charge is -2.26. The van der Waals surface area contributed by atoms with E-state index in [9.17, 15) is 13.6 Å². The molecule has 1 saturated heterocycles. The van der Waals surface area contributed by atoms with Gasteiger partial charge in [0.05, 0.1) is 30.0 Å². The van der Waals surface area contributed by atoms with E-state index in [2.05, 4.69) is 5.10 Å². The van der Waals surface area contributed by atoms with Crippen LogP contribution < -0.4 is 10.6 Å². The lowest BCUT2D eigenvalue weighted by molar-refractivity contribution is 0.202. The number of fused-ring (bicyclic) bond motifs is 2. The molecule has 3 aromatic heterocycles. The lowest BCUT2D eigenvalue weighted by Crippen LogP contribution is -2.39. The summed E-state index contributed by atoms with van der Waals surface area (Å²) in [5.41, 5.74) is 8.19. The number of anilines is 1. The maximum Gasteiger partial charge on any atom is 0.315 e. The normalized spacial score (nSPS) is 18.0. The standard InChI is InChI=1S/C23H21F2N7OS/c24-13-3-4-16(25)14(10-13)18-2-1-7-31(18)20-6-9-32-21(29-20)15(11-27-32)22-28-17-5-8-30(23(26)33)12-19(17)34-22/h3-4,6,9-11,18H,1-2,5,7-8,12H2,(H2,26,33)/t18-/m1/s1. The fourth-order valence-electron chi connectivity index (χ4n) is 4.80. The highest BCUT2D eigenvalue weighted by molar-refractivity contribution is 7.15. The van der Waals surface area contributed by atoms with E-state index in [4.69, 9.17) is 15.7 Å². The summed E-state index contributed by atoms with van der Waals surface area (Å²) in [4.78, 5) is 25.9. The Morgan fingerprint density at radius 1 is 1.18 bits per heavy atom. The highest BCUT2D eigenvalue weighted by atomic mass is 32.1. The van der Waals surface area contributed by atoms with Crippen molar-refractivity contribution in [2.45, 2.75) is 31.8 Å². The zero-order valence-corrected chi connectivity index (χ0v) is 18.9. The molecule has 0 bridgehead atoms. The zero-order valence-electron chi connectivity index (χ0n) is 18.1. The van der Waals surface area contributed by atoms with Gasteiger partial charge in [-0.2, -0.15) is 5.10 Å². The molecule has 0 radical (unpaired) electrons. The molecule has 2 aliphatic heterocycles. The molecule has 4 aromatic rings. The van der Waals surface area contributed by atoms with Crippen LogP contribution in [0.25, 0.3) is 16.2 Å². The fourth-order valence-corrected chi connectivity index (χ4v) is 5.93. The number of thiazole rings is 1. The van der Waals surface area contributed by atoms with Crippen molar-refractivity contribution in [3.63, 3.8) is 0 Å². The van der Waals surface area contributed by atoms with E-state index in [0.717, 1.165) is 40.1 Å². The molecule has 8 nitrogen and oxygen atoms in total. The summed E-state index contributed by atoms with van der Waals surface area (Å²) in [7, 11) is 0. The molecule has 0 saturated carbocycles. The summed E-state index contributed by atoms with van der Waals surface area (Å²) < 4.78 is 30.1. The summed E-state index contributed by atoms with van der Waals surface area (Å²) in [6.07, 6.45) is 5.78. The molecule has 2 aliphatic rings. The molecular formula is C23H21F2N7OS. The van der Waals surface area contributed by atoms with Gasteiger partial charge in [0.25, 0.3) is 0 Å². The number of primary amides is 1. The average molecular weight is 482 g/mol. The first-order chi connectivity index (χ1) is 16.5. The molecule has 2 amide bonds. The van der Waals surface area contributed by atoms with Gasteiger partial charge in [-0.15, -0.1) is 11.3 Å². The van der Waals surface area contributed by atoms with Crippen molar-refractivity contribution in [1.82, 2.24) is 24.5 Å². The minimum absolute atomic E-state index is 0.288. The number of carbonyl (C=O) groups excluding carboxylic acids is 1. The Morgan fingerprint density at radius 3 is 2.91 bits per heavy atom. The highest BCUT2D eigenvalue weighted by Crippen LogP contribution is 2.38. The molecule has 11 heteroatoms. The summed E-state index contributed by atoms with van der Waals surface area (Å²) in [5.74, 6) is -0.184. The third-order valence-electron chi connectivity index (χ3n) is 6.49. The van der Waals surface area contributed by atoms with Crippen LogP contribution in [0.4, 0.5) is 19.4 Å². The van der Waals surface area contributed by atoms with Crippen molar-refractivity contribution in [3.05, 3.63) is 64.4 Å². The highest BCUT2D eigenvalue weighted by Gasteiger charge is 2.30. The van der Waals surface area contributed by atoms with Crippen molar-refractivity contribution < 1.29 is 13.6 Å². The molecule has 5 heterocycles. The van der Waals surface area contributed by atoms with Gasteiger partial charge >= 0.3 is 6.03 Å². The molecule has 1 fully saturated rings. The van der Waals surface area contributed by atoms with Gasteiger partial charge < -0.3 is 15.5 Å². The van der Waals surface area contributed by atoms with Crippen molar-refractivity contribution in [2.24, 2.45) is 5.73 Å². The third kappa shape index (κ3) is 3.47. The molecule has 34 heavy (non-hydrogen) atoms. The Balaban J connectivity index is 1.36. The number of benzene rings is 1. The van der Waals surface area contributed by atoms with Gasteiger partial charge in [0, 0.05) is 36.1 Å². The van der Waals surface area contributed by atoms with Gasteiger partial charge in [-0.25, -0.2) is 28.1 Å². The quantitative estimate of drug-likeness (QED) is 0.479. The van der Waals surface area contributed by atoms with E-state index in [0.29, 0.717) is 43.1 Å². The van der Waals surface area contributed by atoms with Crippen LogP contribution in [0.1, 0.15) is 35.0 Å². The Hall–Kier alpha value is -3.60. The van der Waals surface area contributed by atoms with Gasteiger partial charge in [0.1, 0.15) is 22.5 Å². The number of carbonyl (C=O) groups is 1. The third-order valence-corrected chi connectivity index (χ3v) is 7.61. The van der Waals surface area contributed by atoms with E-state index < -0.39 is 17.7 Å². The first-order valence-corrected chi connectivity index (χ1v) is 11.9.